The number of hydrogen-bond acceptors (Lipinski definition) is 2. The number of hydrogen-bond donors (Lipinski definition) is 2. The van der Waals surface area contributed by atoms with Gasteiger partial charge in [0.25, 0.3) is 0 Å². The van der Waals surface area contributed by atoms with Gasteiger partial charge in [0.1, 0.15) is 0 Å². The molecule has 0 saturated heterocycles. The quantitative estimate of drug-likeness (QED) is 0.859. The van der Waals surface area contributed by atoms with Crippen molar-refractivity contribution in [1.82, 2.24) is 4.98 Å². The summed E-state index contributed by atoms with van der Waals surface area (Å²) in [5, 5.41) is 0.641. The normalized spacial score (nSPS) is 11.2. The molecule has 1 heterocycles. The lowest BCUT2D eigenvalue weighted by Gasteiger charge is -2.01. The first-order valence-electron chi connectivity index (χ1n) is 5.65. The minimum absolute atomic E-state index is 0.00796. The van der Waals surface area contributed by atoms with E-state index in [1.807, 2.05) is 19.1 Å². The maximum Gasteiger partial charge on any atom is 0.221 e. The van der Waals surface area contributed by atoms with Crippen LogP contribution < -0.4 is 11.2 Å². The van der Waals surface area contributed by atoms with Crippen molar-refractivity contribution in [3.63, 3.8) is 0 Å². The lowest BCUT2D eigenvalue weighted by atomic mass is 10.1. The Morgan fingerprint density at radius 1 is 1.39 bits per heavy atom. The van der Waals surface area contributed by atoms with E-state index in [0.29, 0.717) is 5.39 Å². The molecule has 0 fully saturated rings. The van der Waals surface area contributed by atoms with Gasteiger partial charge in [0.2, 0.25) is 5.91 Å². The third kappa shape index (κ3) is 2.66. The Morgan fingerprint density at radius 2 is 2.17 bits per heavy atom. The molecule has 0 spiro atoms. The largest absolute Gasteiger partial charge is 0.369 e. The fourth-order valence-electron chi connectivity index (χ4n) is 1.81. The maximum atomic E-state index is 11.8. The van der Waals surface area contributed by atoms with E-state index in [1.165, 1.54) is 0 Å². The predicted molar refractivity (Wildman–Crippen MR) is 72.2 cm³/mol. The molecule has 18 heavy (non-hydrogen) atoms. The zero-order valence-corrected chi connectivity index (χ0v) is 10.1. The first-order chi connectivity index (χ1) is 8.56. The van der Waals surface area contributed by atoms with E-state index in [0.717, 1.165) is 16.8 Å². The number of H-pyrrole nitrogens is 1. The van der Waals surface area contributed by atoms with Gasteiger partial charge in [0.05, 0.1) is 0 Å². The van der Waals surface area contributed by atoms with Crippen LogP contribution in [0.15, 0.2) is 35.1 Å². The molecule has 1 aromatic heterocycles. The van der Waals surface area contributed by atoms with Gasteiger partial charge in [-0.25, -0.2) is 0 Å². The van der Waals surface area contributed by atoms with Gasteiger partial charge in [-0.15, -0.1) is 0 Å². The van der Waals surface area contributed by atoms with Crippen molar-refractivity contribution in [3.05, 3.63) is 51.8 Å². The van der Waals surface area contributed by atoms with E-state index in [4.69, 9.17) is 5.73 Å². The Morgan fingerprint density at radius 3 is 2.89 bits per heavy atom. The number of aromatic amines is 1. The predicted octanol–water partition coefficient (Wildman–Crippen LogP) is 1.73. The minimum atomic E-state index is -0.375. The summed E-state index contributed by atoms with van der Waals surface area (Å²) in [6.07, 6.45) is 3.66. The van der Waals surface area contributed by atoms with Gasteiger partial charge in [-0.05, 0) is 24.6 Å². The smallest absolute Gasteiger partial charge is 0.221 e. The number of carbonyl (C=O) groups is 1. The number of primary amides is 1. The minimum Gasteiger partial charge on any atom is -0.369 e. The molecular formula is C14H14N2O2. The van der Waals surface area contributed by atoms with E-state index in [-0.39, 0.29) is 17.8 Å². The third-order valence-corrected chi connectivity index (χ3v) is 2.62. The Balaban J connectivity index is 2.41. The van der Waals surface area contributed by atoms with E-state index in [1.54, 1.807) is 24.3 Å². The van der Waals surface area contributed by atoms with Crippen LogP contribution in [0, 0.1) is 6.92 Å². The summed E-state index contributed by atoms with van der Waals surface area (Å²) < 4.78 is 0. The van der Waals surface area contributed by atoms with Crippen LogP contribution in [-0.4, -0.2) is 10.9 Å². The highest BCUT2D eigenvalue weighted by Gasteiger charge is 2.00. The number of nitrogens with two attached hydrogens (primary N) is 1. The number of carbonyl (C=O) groups excluding carboxylic acids is 1. The number of aromatic nitrogens is 1. The van der Waals surface area contributed by atoms with Crippen molar-refractivity contribution in [3.8, 4) is 0 Å². The molecule has 1 aromatic carbocycles. The second kappa shape index (κ2) is 4.87. The molecular weight excluding hydrogens is 228 g/mol. The van der Waals surface area contributed by atoms with Crippen LogP contribution in [0.2, 0.25) is 0 Å². The molecule has 0 bridgehead atoms. The molecule has 0 atom stereocenters. The summed E-state index contributed by atoms with van der Waals surface area (Å²) in [4.78, 5) is 25.6. The number of benzene rings is 1. The zero-order chi connectivity index (χ0) is 13.1. The number of fused-ring (bicyclic) bond motifs is 1. The summed E-state index contributed by atoms with van der Waals surface area (Å²) in [7, 11) is 0. The molecule has 1 amide bonds. The average molecular weight is 242 g/mol. The monoisotopic (exact) mass is 242 g/mol. The van der Waals surface area contributed by atoms with Crippen LogP contribution in [0.25, 0.3) is 17.0 Å². The molecule has 2 aromatic rings. The molecule has 92 valence electrons. The van der Waals surface area contributed by atoms with Gasteiger partial charge in [0, 0.05) is 29.1 Å². The molecule has 3 N–H and O–H groups in total. The topological polar surface area (TPSA) is 76.0 Å². The lowest BCUT2D eigenvalue weighted by Crippen LogP contribution is -2.07. The second-order valence-electron chi connectivity index (χ2n) is 4.19. The number of amides is 1. The van der Waals surface area contributed by atoms with Crippen LogP contribution in [0.1, 0.15) is 17.7 Å². The molecule has 4 nitrogen and oxygen atoms in total. The summed E-state index contributed by atoms with van der Waals surface area (Å²) in [5.41, 5.74) is 7.56. The van der Waals surface area contributed by atoms with E-state index < -0.39 is 0 Å². The van der Waals surface area contributed by atoms with Gasteiger partial charge in [-0.1, -0.05) is 18.2 Å². The van der Waals surface area contributed by atoms with Crippen molar-refractivity contribution in [1.29, 1.82) is 0 Å². The molecule has 0 aliphatic rings. The number of pyridine rings is 1. The molecule has 0 unspecified atom stereocenters. The van der Waals surface area contributed by atoms with Gasteiger partial charge in [-0.3, -0.25) is 9.59 Å². The maximum absolute atomic E-state index is 11.8. The Hall–Kier alpha value is -2.36. The molecule has 0 aliphatic heterocycles. The van der Waals surface area contributed by atoms with Crippen LogP contribution in [0.4, 0.5) is 0 Å². The summed E-state index contributed by atoms with van der Waals surface area (Å²) in [6, 6.07) is 7.10. The van der Waals surface area contributed by atoms with Crippen molar-refractivity contribution < 1.29 is 4.79 Å². The van der Waals surface area contributed by atoms with Crippen LogP contribution in [-0.2, 0) is 4.79 Å². The molecule has 4 heteroatoms. The van der Waals surface area contributed by atoms with Crippen LogP contribution in [0.3, 0.4) is 0 Å². The summed E-state index contributed by atoms with van der Waals surface area (Å²) in [5.74, 6) is -0.375. The highest BCUT2D eigenvalue weighted by molar-refractivity contribution is 5.82. The van der Waals surface area contributed by atoms with Crippen LogP contribution in [0.5, 0.6) is 0 Å². The Kier molecular flexibility index (Phi) is 3.28. The highest BCUT2D eigenvalue weighted by atomic mass is 16.1. The van der Waals surface area contributed by atoms with Crippen molar-refractivity contribution in [2.45, 2.75) is 13.3 Å². The lowest BCUT2D eigenvalue weighted by molar-refractivity contribution is -0.117. The average Bonchev–Trinajstić information content (AvgIpc) is 2.29. The molecule has 0 radical (unpaired) electrons. The van der Waals surface area contributed by atoms with E-state index >= 15 is 0 Å². The first-order valence-corrected chi connectivity index (χ1v) is 5.65. The van der Waals surface area contributed by atoms with Gasteiger partial charge in [0.15, 0.2) is 5.43 Å². The standard InChI is InChI=1S/C14H14N2O2/c1-9-7-13(17)11-8-10(3-2-4-14(15)18)5-6-12(11)16-9/h2-3,5-8H,4H2,1H3,(H2,15,18)(H,16,17). The number of rotatable bonds is 3. The Bertz CT molecular complexity index is 684. The van der Waals surface area contributed by atoms with Crippen LogP contribution >= 0.6 is 0 Å². The summed E-state index contributed by atoms with van der Waals surface area (Å²) in [6.45, 7) is 1.85. The van der Waals surface area contributed by atoms with Gasteiger partial charge < -0.3 is 10.7 Å². The number of aryl methyl sites for hydroxylation is 1. The van der Waals surface area contributed by atoms with E-state index in [2.05, 4.69) is 4.98 Å². The second-order valence-corrected chi connectivity index (χ2v) is 4.19. The van der Waals surface area contributed by atoms with Gasteiger partial charge in [-0.2, -0.15) is 0 Å². The fourth-order valence-corrected chi connectivity index (χ4v) is 1.81. The molecule has 2 rings (SSSR count). The zero-order valence-electron chi connectivity index (χ0n) is 10.1. The SMILES string of the molecule is Cc1cc(=O)c2cc(C=CCC(N)=O)ccc2[nH]1. The number of nitrogens with one attached hydrogen (secondary N) is 1. The van der Waals surface area contributed by atoms with E-state index in [9.17, 15) is 9.59 Å². The molecule has 0 aliphatic carbocycles. The summed E-state index contributed by atoms with van der Waals surface area (Å²) >= 11 is 0. The first kappa shape index (κ1) is 12.1. The van der Waals surface area contributed by atoms with Gasteiger partial charge >= 0.3 is 0 Å². The fraction of sp³-hybridized carbons (Fsp3) is 0.143. The third-order valence-electron chi connectivity index (χ3n) is 2.62. The van der Waals surface area contributed by atoms with Crippen molar-refractivity contribution in [2.24, 2.45) is 5.73 Å². The highest BCUT2D eigenvalue weighted by Crippen LogP contribution is 2.12. The van der Waals surface area contributed by atoms with Crippen molar-refractivity contribution >= 4 is 22.9 Å². The molecule has 0 saturated carbocycles. The van der Waals surface area contributed by atoms with Crippen molar-refractivity contribution in [2.75, 3.05) is 0 Å². The Labute approximate surface area is 104 Å².